The number of nitro benzene ring substituents is 2. The first-order valence-electron chi connectivity index (χ1n) is 12.1. The molecule has 0 radical (unpaired) electrons. The molecular weight excluding hydrogens is 576 g/mol. The molecule has 0 aliphatic rings. The Morgan fingerprint density at radius 3 is 1.53 bits per heavy atom. The number of non-ortho nitro benzene ring substituents is 2. The number of amides is 3. The maximum atomic E-state index is 12.3. The van der Waals surface area contributed by atoms with Crippen LogP contribution in [0, 0.1) is 20.2 Å². The van der Waals surface area contributed by atoms with Gasteiger partial charge in [0.2, 0.25) is 5.96 Å². The third-order valence-corrected chi connectivity index (χ3v) is 4.85. The maximum absolute atomic E-state index is 12.3. The number of likely N-dealkylation sites (N-methyl/N-ethyl adjacent to an activating group) is 1. The fourth-order valence-corrected chi connectivity index (χ4v) is 2.82. The molecule has 18 heteroatoms. The van der Waals surface area contributed by atoms with Gasteiger partial charge in [-0.15, -0.1) is 0 Å². The summed E-state index contributed by atoms with van der Waals surface area (Å²) in [6, 6.07) is 8.26. The Bertz CT molecular complexity index is 1340. The van der Waals surface area contributed by atoms with Crippen molar-refractivity contribution in [3.8, 4) is 0 Å². The number of aliphatic imine (C=N–C) groups is 1. The summed E-state index contributed by atoms with van der Waals surface area (Å²) in [4.78, 5) is 86.6. The maximum Gasteiger partial charge on any atom is 0.421 e. The van der Waals surface area contributed by atoms with E-state index in [0.29, 0.717) is 0 Å². The van der Waals surface area contributed by atoms with Crippen LogP contribution < -0.4 is 10.6 Å². The number of nitrogens with zero attached hydrogens (tertiary/aromatic N) is 4. The summed E-state index contributed by atoms with van der Waals surface area (Å²) >= 11 is 0. The zero-order valence-electron chi connectivity index (χ0n) is 23.2. The van der Waals surface area contributed by atoms with Crippen molar-refractivity contribution in [1.29, 1.82) is 0 Å². The van der Waals surface area contributed by atoms with Crippen LogP contribution in [0.2, 0.25) is 0 Å². The van der Waals surface area contributed by atoms with E-state index < -0.39 is 51.6 Å². The van der Waals surface area contributed by atoms with Gasteiger partial charge in [0.1, 0.15) is 5.60 Å². The number of ether oxygens (including phenoxy) is 3. The number of carbonyl (C=O) groups is 5. The number of nitro groups is 2. The second-order valence-corrected chi connectivity index (χ2v) is 9.34. The van der Waals surface area contributed by atoms with Crippen LogP contribution in [0.4, 0.5) is 25.8 Å². The molecule has 2 N–H and O–H groups in total. The van der Waals surface area contributed by atoms with Crippen molar-refractivity contribution < 1.29 is 48.0 Å². The van der Waals surface area contributed by atoms with E-state index in [1.165, 1.54) is 7.05 Å². The zero-order valence-corrected chi connectivity index (χ0v) is 23.2. The van der Waals surface area contributed by atoms with Crippen LogP contribution in [0.15, 0.2) is 53.5 Å². The second kappa shape index (κ2) is 14.6. The normalized spacial score (nSPS) is 10.4. The lowest BCUT2D eigenvalue weighted by Gasteiger charge is -2.24. The summed E-state index contributed by atoms with van der Waals surface area (Å²) in [5.74, 6) is -3.06. The first kappa shape index (κ1) is 33.3. The molecule has 0 heterocycles. The molecule has 43 heavy (non-hydrogen) atoms. The molecule has 0 unspecified atom stereocenters. The van der Waals surface area contributed by atoms with Gasteiger partial charge in [-0.3, -0.25) is 35.9 Å². The minimum absolute atomic E-state index is 0.0741. The second-order valence-electron chi connectivity index (χ2n) is 9.34. The van der Waals surface area contributed by atoms with E-state index in [1.54, 1.807) is 20.8 Å². The minimum Gasteiger partial charge on any atom is -0.444 e. The number of carbonyl (C=O) groups excluding carboxylic acids is 5. The van der Waals surface area contributed by atoms with Gasteiger partial charge in [-0.1, -0.05) is 0 Å². The van der Waals surface area contributed by atoms with Gasteiger partial charge in [-0.05, 0) is 45.0 Å². The molecule has 0 bridgehead atoms. The molecular formula is C25H26N6O12. The molecule has 228 valence electrons. The molecule has 18 nitrogen and oxygen atoms in total. The number of guanidine groups is 1. The monoisotopic (exact) mass is 602 g/mol. The lowest BCUT2D eigenvalue weighted by atomic mass is 10.2. The number of esters is 2. The summed E-state index contributed by atoms with van der Waals surface area (Å²) in [5, 5.41) is 25.5. The Hall–Kier alpha value is -5.94. The van der Waals surface area contributed by atoms with E-state index in [9.17, 15) is 44.2 Å². The first-order valence-corrected chi connectivity index (χ1v) is 12.1. The van der Waals surface area contributed by atoms with Gasteiger partial charge < -0.3 is 19.1 Å². The number of hydrogen-bond acceptors (Lipinski definition) is 13. The summed E-state index contributed by atoms with van der Waals surface area (Å²) in [7, 11) is 1.40. The molecule has 0 atom stereocenters. The molecule has 0 saturated carbocycles. The van der Waals surface area contributed by atoms with Crippen molar-refractivity contribution in [3.05, 3.63) is 79.9 Å². The summed E-state index contributed by atoms with van der Waals surface area (Å²) in [5.41, 5.74) is -1.81. The van der Waals surface area contributed by atoms with E-state index in [1.807, 2.05) is 10.6 Å². The highest BCUT2D eigenvalue weighted by Crippen LogP contribution is 2.14. The minimum atomic E-state index is -1.44. The molecule has 0 fully saturated rings. The first-order chi connectivity index (χ1) is 20.1. The quantitative estimate of drug-likeness (QED) is 0.0883. The SMILES string of the molecule is CN(CCN=C(NC(=O)OC(=O)c1ccc([N+](=O)[O-])cc1)NC(=O)OC(=O)c1ccc([N+](=O)[O-])cc1)C(=O)OC(C)(C)C. The summed E-state index contributed by atoms with van der Waals surface area (Å²) < 4.78 is 14.4. The van der Waals surface area contributed by atoms with Crippen LogP contribution in [-0.4, -0.2) is 76.7 Å². The molecule has 3 amide bonds. The van der Waals surface area contributed by atoms with E-state index in [2.05, 4.69) is 14.5 Å². The van der Waals surface area contributed by atoms with Gasteiger partial charge in [0.05, 0.1) is 27.5 Å². The van der Waals surface area contributed by atoms with Crippen LogP contribution in [0.3, 0.4) is 0 Å². The average molecular weight is 603 g/mol. The number of rotatable bonds is 7. The predicted octanol–water partition coefficient (Wildman–Crippen LogP) is 3.16. The van der Waals surface area contributed by atoms with Gasteiger partial charge in [0.15, 0.2) is 0 Å². The molecule has 2 rings (SSSR count). The van der Waals surface area contributed by atoms with Gasteiger partial charge in [-0.25, -0.2) is 24.0 Å². The lowest BCUT2D eigenvalue weighted by Crippen LogP contribution is -2.45. The highest BCUT2D eigenvalue weighted by Gasteiger charge is 2.21. The molecule has 0 spiro atoms. The number of benzene rings is 2. The summed E-state index contributed by atoms with van der Waals surface area (Å²) in [6.45, 7) is 4.68. The Labute approximate surface area is 242 Å². The van der Waals surface area contributed by atoms with Gasteiger partial charge in [0, 0.05) is 37.9 Å². The van der Waals surface area contributed by atoms with Crippen LogP contribution in [0.25, 0.3) is 0 Å². The average Bonchev–Trinajstić information content (AvgIpc) is 2.91. The largest absolute Gasteiger partial charge is 0.444 e. The van der Waals surface area contributed by atoms with Crippen molar-refractivity contribution in [2.45, 2.75) is 26.4 Å². The fourth-order valence-electron chi connectivity index (χ4n) is 2.82. The Kier molecular flexibility index (Phi) is 11.3. The summed E-state index contributed by atoms with van der Waals surface area (Å²) in [6.07, 6.45) is -3.57. The third kappa shape index (κ3) is 11.2. The molecule has 0 saturated heterocycles. The lowest BCUT2D eigenvalue weighted by molar-refractivity contribution is -0.385. The van der Waals surface area contributed by atoms with E-state index in [-0.39, 0.29) is 35.6 Å². The van der Waals surface area contributed by atoms with Crippen LogP contribution in [0.1, 0.15) is 41.5 Å². The van der Waals surface area contributed by atoms with Gasteiger partial charge >= 0.3 is 30.2 Å². The molecule has 2 aromatic carbocycles. The standard InChI is InChI=1S/C25H26N6O12/c1-25(2,3)43-24(36)29(4)14-13-26-21(27-22(34)41-19(32)15-5-9-17(10-6-15)30(37)38)28-23(35)42-20(33)16-7-11-18(12-8-16)31(39)40/h5-12H,13-14H2,1-4H3,(H2,26,27,28,34,35). The van der Waals surface area contributed by atoms with Gasteiger partial charge in [-0.2, -0.15) is 0 Å². The Balaban J connectivity index is 2.11. The smallest absolute Gasteiger partial charge is 0.421 e. The highest BCUT2D eigenvalue weighted by atomic mass is 16.6. The van der Waals surface area contributed by atoms with E-state index in [4.69, 9.17) is 4.74 Å². The number of alkyl carbamates (subject to hydrolysis) is 2. The van der Waals surface area contributed by atoms with Crippen molar-refractivity contribution >= 4 is 47.6 Å². The molecule has 2 aromatic rings. The predicted molar refractivity (Wildman–Crippen MR) is 145 cm³/mol. The van der Waals surface area contributed by atoms with E-state index >= 15 is 0 Å². The Morgan fingerprint density at radius 1 is 0.791 bits per heavy atom. The molecule has 0 aliphatic heterocycles. The fraction of sp³-hybridized carbons (Fsp3) is 0.280. The van der Waals surface area contributed by atoms with Crippen LogP contribution in [-0.2, 0) is 14.2 Å². The van der Waals surface area contributed by atoms with Crippen LogP contribution in [0.5, 0.6) is 0 Å². The topological polar surface area (TPSA) is 239 Å². The highest BCUT2D eigenvalue weighted by molar-refractivity contribution is 6.07. The number of hydrogen-bond donors (Lipinski definition) is 2. The van der Waals surface area contributed by atoms with Crippen molar-refractivity contribution in [2.24, 2.45) is 4.99 Å². The molecule has 0 aliphatic carbocycles. The Morgan fingerprint density at radius 2 is 1.19 bits per heavy atom. The van der Waals surface area contributed by atoms with Gasteiger partial charge in [0.25, 0.3) is 11.4 Å². The third-order valence-electron chi connectivity index (χ3n) is 4.85. The molecule has 0 aromatic heterocycles. The van der Waals surface area contributed by atoms with Crippen LogP contribution >= 0.6 is 0 Å². The van der Waals surface area contributed by atoms with E-state index in [0.717, 1.165) is 53.4 Å². The number of nitrogens with one attached hydrogen (secondary N) is 2. The zero-order chi connectivity index (χ0) is 32.3. The van der Waals surface area contributed by atoms with Crippen molar-refractivity contribution in [1.82, 2.24) is 15.5 Å². The van der Waals surface area contributed by atoms with Crippen molar-refractivity contribution in [3.63, 3.8) is 0 Å². The van der Waals surface area contributed by atoms with Crippen molar-refractivity contribution in [2.75, 3.05) is 20.1 Å².